The summed E-state index contributed by atoms with van der Waals surface area (Å²) >= 11 is 6.33. The lowest BCUT2D eigenvalue weighted by Crippen LogP contribution is -2.01. The summed E-state index contributed by atoms with van der Waals surface area (Å²) in [7, 11) is 0. The van der Waals surface area contributed by atoms with E-state index in [2.05, 4.69) is 29.0 Å². The molecule has 30 heavy (non-hydrogen) atoms. The minimum absolute atomic E-state index is 0.0917. The summed E-state index contributed by atoms with van der Waals surface area (Å²) in [6, 6.07) is 23.7. The van der Waals surface area contributed by atoms with Gasteiger partial charge in [-0.15, -0.1) is 0 Å². The highest BCUT2D eigenvalue weighted by Gasteiger charge is 2.20. The number of halogens is 1. The number of rotatable bonds is 4. The number of nitrogens with zero attached hydrogens (tertiary/aromatic N) is 2. The number of benzene rings is 3. The summed E-state index contributed by atoms with van der Waals surface area (Å²) in [6.45, 7) is 3.99. The average Bonchev–Trinajstić information content (AvgIpc) is 3.14. The molecular weight excluding hydrogens is 396 g/mol. The second kappa shape index (κ2) is 7.47. The topological polar surface area (TPSA) is 48.2 Å². The van der Waals surface area contributed by atoms with Crippen molar-refractivity contribution in [2.24, 2.45) is 0 Å². The second-order valence-corrected chi connectivity index (χ2v) is 7.70. The van der Waals surface area contributed by atoms with Crippen molar-refractivity contribution in [1.29, 1.82) is 0 Å². The molecule has 2 aromatic heterocycles. The van der Waals surface area contributed by atoms with Gasteiger partial charge in [0.15, 0.2) is 0 Å². The lowest BCUT2D eigenvalue weighted by Gasteiger charge is -2.17. The zero-order valence-electron chi connectivity index (χ0n) is 16.6. The van der Waals surface area contributed by atoms with E-state index < -0.39 is 0 Å². The van der Waals surface area contributed by atoms with Crippen LogP contribution < -0.4 is 4.74 Å². The Kier molecular flexibility index (Phi) is 4.64. The van der Waals surface area contributed by atoms with Crippen molar-refractivity contribution in [2.45, 2.75) is 19.8 Å². The Bertz CT molecular complexity index is 1360. The molecule has 5 aromatic rings. The fourth-order valence-electron chi connectivity index (χ4n) is 3.72. The van der Waals surface area contributed by atoms with Crippen molar-refractivity contribution in [3.8, 4) is 11.6 Å². The highest BCUT2D eigenvalue weighted by molar-refractivity contribution is 6.30. The predicted octanol–water partition coefficient (Wildman–Crippen LogP) is 7.28. The Balaban J connectivity index is 1.64. The maximum absolute atomic E-state index is 6.33. The summed E-state index contributed by atoms with van der Waals surface area (Å²) in [6.07, 6.45) is 0. The molecule has 0 radical (unpaired) electrons. The second-order valence-electron chi connectivity index (χ2n) is 7.27. The Hall–Kier alpha value is -3.37. The first-order valence-electron chi connectivity index (χ1n) is 9.78. The van der Waals surface area contributed by atoms with Gasteiger partial charge in [-0.25, -0.2) is 4.98 Å². The van der Waals surface area contributed by atoms with Crippen molar-refractivity contribution in [2.75, 3.05) is 0 Å². The van der Waals surface area contributed by atoms with Crippen LogP contribution in [0, 0.1) is 6.92 Å². The molecule has 5 rings (SSSR count). The Morgan fingerprint density at radius 2 is 1.70 bits per heavy atom. The van der Waals surface area contributed by atoms with Crippen molar-refractivity contribution in [3.05, 3.63) is 94.8 Å². The van der Waals surface area contributed by atoms with Crippen molar-refractivity contribution in [3.63, 3.8) is 0 Å². The molecule has 0 saturated heterocycles. The molecule has 0 aliphatic heterocycles. The first-order valence-corrected chi connectivity index (χ1v) is 10.2. The number of aryl methyl sites for hydroxylation is 1. The van der Waals surface area contributed by atoms with E-state index in [4.69, 9.17) is 20.8 Å². The summed E-state index contributed by atoms with van der Waals surface area (Å²) in [5, 5.41) is 1.60. The highest BCUT2D eigenvalue weighted by atomic mass is 35.5. The molecule has 1 unspecified atom stereocenters. The number of ether oxygens (including phenoxy) is 1. The monoisotopic (exact) mass is 414 g/mol. The molecule has 5 heteroatoms. The summed E-state index contributed by atoms with van der Waals surface area (Å²) in [4.78, 5) is 9.11. The van der Waals surface area contributed by atoms with Crippen LogP contribution in [0.5, 0.6) is 11.6 Å². The number of hydrogen-bond donors (Lipinski definition) is 0. The fourth-order valence-corrected chi connectivity index (χ4v) is 3.90. The van der Waals surface area contributed by atoms with Crippen molar-refractivity contribution in [1.82, 2.24) is 9.97 Å². The fraction of sp³-hybridized carbons (Fsp3) is 0.120. The number of aromatic nitrogens is 2. The predicted molar refractivity (Wildman–Crippen MR) is 120 cm³/mol. The van der Waals surface area contributed by atoms with Crippen LogP contribution in [0.2, 0.25) is 5.02 Å². The van der Waals surface area contributed by atoms with Crippen LogP contribution >= 0.6 is 11.6 Å². The maximum atomic E-state index is 6.33. The molecule has 3 aromatic carbocycles. The van der Waals surface area contributed by atoms with Crippen molar-refractivity contribution >= 4 is 33.7 Å². The molecule has 2 heterocycles. The Morgan fingerprint density at radius 1 is 0.933 bits per heavy atom. The smallest absolute Gasteiger partial charge is 0.267 e. The van der Waals surface area contributed by atoms with Crippen LogP contribution in [0.15, 0.2) is 77.2 Å². The number of para-hydroxylation sites is 1. The van der Waals surface area contributed by atoms with Crippen LogP contribution in [0.1, 0.15) is 29.8 Å². The maximum Gasteiger partial charge on any atom is 0.267 e. The molecule has 0 saturated carbocycles. The van der Waals surface area contributed by atoms with Crippen LogP contribution in [0.3, 0.4) is 0 Å². The van der Waals surface area contributed by atoms with Gasteiger partial charge in [0.1, 0.15) is 22.7 Å². The SMILES string of the molecule is Cc1nc(Oc2ccc(Cl)cc2C(C)c2ccccc2)c2oc3ccccc3c2n1. The molecule has 1 atom stereocenters. The van der Waals surface area contributed by atoms with Gasteiger partial charge >= 0.3 is 0 Å². The zero-order chi connectivity index (χ0) is 20.7. The average molecular weight is 415 g/mol. The van der Waals surface area contributed by atoms with Crippen LogP contribution in [-0.4, -0.2) is 9.97 Å². The van der Waals surface area contributed by atoms with E-state index in [0.29, 0.717) is 28.1 Å². The Labute approximate surface area is 179 Å². The standard InChI is InChI=1S/C25H19ClN2O2/c1-15(17-8-4-3-5-9-17)20-14-18(26)12-13-22(20)30-25-24-23(27-16(2)28-25)19-10-6-7-11-21(19)29-24/h3-15H,1-2H3. The highest BCUT2D eigenvalue weighted by Crippen LogP contribution is 2.39. The molecule has 0 aliphatic rings. The lowest BCUT2D eigenvalue weighted by molar-refractivity contribution is 0.448. The van der Waals surface area contributed by atoms with Gasteiger partial charge in [-0.3, -0.25) is 0 Å². The van der Waals surface area contributed by atoms with Gasteiger partial charge in [0, 0.05) is 21.9 Å². The normalized spacial score (nSPS) is 12.4. The first kappa shape index (κ1) is 18.6. The van der Waals surface area contributed by atoms with Gasteiger partial charge in [0.05, 0.1) is 0 Å². The van der Waals surface area contributed by atoms with Gasteiger partial charge in [-0.05, 0) is 42.8 Å². The van der Waals surface area contributed by atoms with E-state index >= 15 is 0 Å². The molecule has 0 amide bonds. The van der Waals surface area contributed by atoms with E-state index in [9.17, 15) is 0 Å². The molecule has 0 fully saturated rings. The molecule has 0 spiro atoms. The van der Waals surface area contributed by atoms with E-state index in [1.54, 1.807) is 0 Å². The summed E-state index contributed by atoms with van der Waals surface area (Å²) in [5.41, 5.74) is 4.20. The number of fused-ring (bicyclic) bond motifs is 3. The van der Waals surface area contributed by atoms with Gasteiger partial charge in [0.25, 0.3) is 5.88 Å². The third-order valence-corrected chi connectivity index (χ3v) is 5.48. The largest absolute Gasteiger partial charge is 0.449 e. The minimum atomic E-state index is 0.0917. The van der Waals surface area contributed by atoms with Crippen LogP contribution in [0.4, 0.5) is 0 Å². The first-order chi connectivity index (χ1) is 14.6. The number of hydrogen-bond acceptors (Lipinski definition) is 4. The van der Waals surface area contributed by atoms with Crippen molar-refractivity contribution < 1.29 is 9.15 Å². The quantitative estimate of drug-likeness (QED) is 0.310. The van der Waals surface area contributed by atoms with Crippen LogP contribution in [-0.2, 0) is 0 Å². The molecule has 0 aliphatic carbocycles. The lowest BCUT2D eigenvalue weighted by atomic mass is 9.92. The Morgan fingerprint density at radius 3 is 2.53 bits per heavy atom. The van der Waals surface area contributed by atoms with Crippen LogP contribution in [0.25, 0.3) is 22.1 Å². The summed E-state index contributed by atoms with van der Waals surface area (Å²) in [5.74, 6) is 1.80. The minimum Gasteiger partial charge on any atom is -0.449 e. The third kappa shape index (κ3) is 3.29. The van der Waals surface area contributed by atoms with Gasteiger partial charge in [-0.2, -0.15) is 4.98 Å². The van der Waals surface area contributed by atoms with Gasteiger partial charge in [-0.1, -0.05) is 61.0 Å². The number of furan rings is 1. The molecule has 0 N–H and O–H groups in total. The molecule has 148 valence electrons. The van der Waals surface area contributed by atoms with E-state index in [1.165, 1.54) is 5.56 Å². The molecule has 0 bridgehead atoms. The van der Waals surface area contributed by atoms with E-state index in [0.717, 1.165) is 22.0 Å². The van der Waals surface area contributed by atoms with Gasteiger partial charge < -0.3 is 9.15 Å². The van der Waals surface area contributed by atoms with Gasteiger partial charge in [0.2, 0.25) is 5.58 Å². The third-order valence-electron chi connectivity index (χ3n) is 5.25. The zero-order valence-corrected chi connectivity index (χ0v) is 17.4. The van der Waals surface area contributed by atoms with E-state index in [-0.39, 0.29) is 5.92 Å². The summed E-state index contributed by atoms with van der Waals surface area (Å²) < 4.78 is 12.4. The van der Waals surface area contributed by atoms with E-state index in [1.807, 2.05) is 67.6 Å². The molecular formula is C25H19ClN2O2. The molecule has 4 nitrogen and oxygen atoms in total.